The molecule has 0 N–H and O–H groups in total. The van der Waals surface area contributed by atoms with Crippen molar-refractivity contribution < 1.29 is 14.3 Å². The van der Waals surface area contributed by atoms with Crippen molar-refractivity contribution in [2.75, 3.05) is 6.61 Å². The van der Waals surface area contributed by atoms with E-state index in [0.29, 0.717) is 24.7 Å². The maximum Gasteiger partial charge on any atom is 0.302 e. The zero-order chi connectivity index (χ0) is 15.4. The summed E-state index contributed by atoms with van der Waals surface area (Å²) in [7, 11) is 0. The van der Waals surface area contributed by atoms with Crippen LogP contribution in [-0.4, -0.2) is 24.8 Å². The first-order valence-electron chi connectivity index (χ1n) is 9.24. The summed E-state index contributed by atoms with van der Waals surface area (Å²) in [5.41, 5.74) is 1.74. The van der Waals surface area contributed by atoms with E-state index in [1.54, 1.807) is 5.57 Å². The van der Waals surface area contributed by atoms with Crippen LogP contribution < -0.4 is 0 Å². The number of esters is 1. The second-order valence-electron chi connectivity index (χ2n) is 7.18. The van der Waals surface area contributed by atoms with Gasteiger partial charge in [0, 0.05) is 18.8 Å². The van der Waals surface area contributed by atoms with Gasteiger partial charge in [-0.3, -0.25) is 4.79 Å². The molecule has 2 fully saturated rings. The highest BCUT2D eigenvalue weighted by atomic mass is 16.5. The third kappa shape index (κ3) is 3.73. The summed E-state index contributed by atoms with van der Waals surface area (Å²) in [4.78, 5) is 10.8. The van der Waals surface area contributed by atoms with E-state index in [2.05, 4.69) is 6.08 Å². The Morgan fingerprint density at radius 1 is 1.18 bits per heavy atom. The Morgan fingerprint density at radius 2 is 2.00 bits per heavy atom. The van der Waals surface area contributed by atoms with Gasteiger partial charge < -0.3 is 9.47 Å². The highest BCUT2D eigenvalue weighted by molar-refractivity contribution is 5.65. The molecule has 22 heavy (non-hydrogen) atoms. The lowest BCUT2D eigenvalue weighted by molar-refractivity contribution is -0.141. The first kappa shape index (κ1) is 16.0. The fraction of sp³-hybridized carbons (Fsp3) is 0.842. The summed E-state index contributed by atoms with van der Waals surface area (Å²) in [6.07, 6.45) is 15.8. The van der Waals surface area contributed by atoms with Crippen molar-refractivity contribution in [1.82, 2.24) is 0 Å². The van der Waals surface area contributed by atoms with Gasteiger partial charge in [-0.1, -0.05) is 24.5 Å². The van der Waals surface area contributed by atoms with E-state index >= 15 is 0 Å². The van der Waals surface area contributed by atoms with Gasteiger partial charge in [0.05, 0.1) is 18.8 Å². The summed E-state index contributed by atoms with van der Waals surface area (Å²) >= 11 is 0. The van der Waals surface area contributed by atoms with Crippen LogP contribution in [0.25, 0.3) is 0 Å². The molecule has 0 aromatic heterocycles. The summed E-state index contributed by atoms with van der Waals surface area (Å²) in [5.74, 6) is 1.22. The molecule has 0 amide bonds. The lowest BCUT2D eigenvalue weighted by atomic mass is 9.68. The van der Waals surface area contributed by atoms with Crippen LogP contribution in [0.15, 0.2) is 11.6 Å². The molecule has 1 heterocycles. The number of allylic oxidation sites excluding steroid dienone is 1. The Kier molecular flexibility index (Phi) is 5.56. The predicted molar refractivity (Wildman–Crippen MR) is 86.5 cm³/mol. The number of carbonyl (C=O) groups excluding carboxylic acids is 1. The number of fused-ring (bicyclic) bond motifs is 3. The fourth-order valence-electron chi connectivity index (χ4n) is 4.64. The monoisotopic (exact) mass is 306 g/mol. The summed E-state index contributed by atoms with van der Waals surface area (Å²) in [6, 6.07) is 0. The standard InChI is InChI=1S/C19H30O3/c1-14(20)21-13-7-6-12-19-16-9-3-2-8-15(16)17-10-4-5-11-18(17)22-19/h8,16-19H,2-7,9-13H2,1H3/t16-,17-,18-,19+/m1/s1. The number of hydrogen-bond acceptors (Lipinski definition) is 3. The van der Waals surface area contributed by atoms with Crippen LogP contribution in [0.2, 0.25) is 0 Å². The van der Waals surface area contributed by atoms with E-state index in [1.165, 1.54) is 51.9 Å². The van der Waals surface area contributed by atoms with Gasteiger partial charge in [-0.2, -0.15) is 0 Å². The lowest BCUT2D eigenvalue weighted by Gasteiger charge is -2.47. The van der Waals surface area contributed by atoms with Crippen molar-refractivity contribution >= 4 is 5.97 Å². The molecule has 0 aromatic carbocycles. The van der Waals surface area contributed by atoms with E-state index in [0.717, 1.165) is 25.2 Å². The maximum absolute atomic E-state index is 10.8. The van der Waals surface area contributed by atoms with Gasteiger partial charge in [-0.05, 0) is 51.4 Å². The zero-order valence-electron chi connectivity index (χ0n) is 13.9. The smallest absolute Gasteiger partial charge is 0.302 e. The van der Waals surface area contributed by atoms with E-state index in [-0.39, 0.29) is 5.97 Å². The molecule has 0 aromatic rings. The molecule has 3 nitrogen and oxygen atoms in total. The van der Waals surface area contributed by atoms with Crippen LogP contribution in [-0.2, 0) is 14.3 Å². The van der Waals surface area contributed by atoms with Crippen molar-refractivity contribution in [3.05, 3.63) is 11.6 Å². The number of ether oxygens (including phenoxy) is 2. The van der Waals surface area contributed by atoms with Crippen molar-refractivity contribution in [2.45, 2.75) is 83.3 Å². The summed E-state index contributed by atoms with van der Waals surface area (Å²) < 4.78 is 11.6. The molecular formula is C19H30O3. The zero-order valence-corrected chi connectivity index (χ0v) is 13.9. The van der Waals surface area contributed by atoms with Gasteiger partial charge in [0.25, 0.3) is 0 Å². The molecule has 0 spiro atoms. The minimum Gasteiger partial charge on any atom is -0.466 e. The molecule has 1 saturated carbocycles. The number of rotatable bonds is 5. The average molecular weight is 306 g/mol. The third-order valence-electron chi connectivity index (χ3n) is 5.64. The van der Waals surface area contributed by atoms with Crippen LogP contribution in [0, 0.1) is 11.8 Å². The van der Waals surface area contributed by atoms with Gasteiger partial charge in [-0.25, -0.2) is 0 Å². The van der Waals surface area contributed by atoms with Crippen LogP contribution in [0.4, 0.5) is 0 Å². The van der Waals surface area contributed by atoms with Crippen molar-refractivity contribution in [3.8, 4) is 0 Å². The third-order valence-corrected chi connectivity index (χ3v) is 5.64. The molecule has 1 saturated heterocycles. The number of hydrogen-bond donors (Lipinski definition) is 0. The molecule has 3 heteroatoms. The van der Waals surface area contributed by atoms with Crippen molar-refractivity contribution in [3.63, 3.8) is 0 Å². The van der Waals surface area contributed by atoms with Crippen molar-refractivity contribution in [1.29, 1.82) is 0 Å². The van der Waals surface area contributed by atoms with Gasteiger partial charge in [0.15, 0.2) is 0 Å². The highest BCUT2D eigenvalue weighted by Gasteiger charge is 2.42. The molecule has 2 aliphatic carbocycles. The predicted octanol–water partition coefficient (Wildman–Crippen LogP) is 4.40. The van der Waals surface area contributed by atoms with Crippen LogP contribution >= 0.6 is 0 Å². The Hall–Kier alpha value is -0.830. The minimum absolute atomic E-state index is 0.170. The molecule has 1 aliphatic heterocycles. The number of unbranched alkanes of at least 4 members (excludes halogenated alkanes) is 1. The van der Waals surface area contributed by atoms with Gasteiger partial charge in [0.1, 0.15) is 0 Å². The second-order valence-corrected chi connectivity index (χ2v) is 7.18. The second kappa shape index (κ2) is 7.63. The average Bonchev–Trinajstić information content (AvgIpc) is 2.54. The lowest BCUT2D eigenvalue weighted by Crippen LogP contribution is -2.45. The van der Waals surface area contributed by atoms with Crippen LogP contribution in [0.1, 0.15) is 71.1 Å². The summed E-state index contributed by atoms with van der Waals surface area (Å²) in [6.45, 7) is 2.04. The Balaban J connectivity index is 1.55. The van der Waals surface area contributed by atoms with Gasteiger partial charge >= 0.3 is 5.97 Å². The van der Waals surface area contributed by atoms with E-state index in [9.17, 15) is 4.79 Å². The molecule has 0 bridgehead atoms. The van der Waals surface area contributed by atoms with Crippen molar-refractivity contribution in [2.24, 2.45) is 11.8 Å². The minimum atomic E-state index is -0.170. The molecule has 0 unspecified atom stereocenters. The quantitative estimate of drug-likeness (QED) is 0.429. The maximum atomic E-state index is 10.8. The van der Waals surface area contributed by atoms with Crippen LogP contribution in [0.3, 0.4) is 0 Å². The van der Waals surface area contributed by atoms with Gasteiger partial charge in [0.2, 0.25) is 0 Å². The fourth-order valence-corrected chi connectivity index (χ4v) is 4.64. The van der Waals surface area contributed by atoms with E-state index in [1.807, 2.05) is 0 Å². The SMILES string of the molecule is CC(=O)OCCCC[C@@H]1O[C@@H]2CCCC[C@@H]2C2=CCCC[C@H]21. The molecule has 4 atom stereocenters. The molecule has 3 aliphatic rings. The molecule has 0 radical (unpaired) electrons. The van der Waals surface area contributed by atoms with Gasteiger partial charge in [-0.15, -0.1) is 0 Å². The largest absolute Gasteiger partial charge is 0.466 e. The normalized spacial score (nSPS) is 34.3. The topological polar surface area (TPSA) is 35.5 Å². The van der Waals surface area contributed by atoms with E-state index in [4.69, 9.17) is 9.47 Å². The Morgan fingerprint density at radius 3 is 2.86 bits per heavy atom. The first-order chi connectivity index (χ1) is 10.8. The van der Waals surface area contributed by atoms with Crippen LogP contribution in [0.5, 0.6) is 0 Å². The highest BCUT2D eigenvalue weighted by Crippen LogP contribution is 2.47. The Bertz CT molecular complexity index is 415. The molecular weight excluding hydrogens is 276 g/mol. The number of carbonyl (C=O) groups is 1. The van der Waals surface area contributed by atoms with E-state index < -0.39 is 0 Å². The molecule has 3 rings (SSSR count). The summed E-state index contributed by atoms with van der Waals surface area (Å²) in [5, 5.41) is 0. The molecule has 124 valence electrons. The first-order valence-corrected chi connectivity index (χ1v) is 9.24. The Labute approximate surface area is 134 Å².